The molecule has 2 bridgehead atoms. The average Bonchev–Trinajstić information content (AvgIpc) is 3.72. The first-order valence-electron chi connectivity index (χ1n) is 19.9. The highest BCUT2D eigenvalue weighted by Crippen LogP contribution is 2.49. The van der Waals surface area contributed by atoms with E-state index in [-0.39, 0.29) is 16.1 Å². The van der Waals surface area contributed by atoms with E-state index in [9.17, 15) is 17.6 Å². The molecule has 3 aromatic heterocycles. The lowest BCUT2D eigenvalue weighted by Crippen LogP contribution is -2.43. The van der Waals surface area contributed by atoms with E-state index in [1.165, 1.54) is 31.0 Å². The van der Waals surface area contributed by atoms with E-state index in [1.54, 1.807) is 19.4 Å². The van der Waals surface area contributed by atoms with Crippen LogP contribution < -0.4 is 25.3 Å². The summed E-state index contributed by atoms with van der Waals surface area (Å²) in [5.74, 6) is 2.83. The summed E-state index contributed by atoms with van der Waals surface area (Å²) in [7, 11) is 3.64. The van der Waals surface area contributed by atoms with Crippen LogP contribution in [0.2, 0.25) is 5.28 Å². The molecule has 0 radical (unpaired) electrons. The summed E-state index contributed by atoms with van der Waals surface area (Å²) in [4.78, 5) is 33.5. The molecule has 4 aliphatic rings. The molecule has 16 heteroatoms. The van der Waals surface area contributed by atoms with Crippen molar-refractivity contribution >= 4 is 52.1 Å². The van der Waals surface area contributed by atoms with Crippen molar-refractivity contribution in [2.45, 2.75) is 64.7 Å². The van der Waals surface area contributed by atoms with Crippen molar-refractivity contribution in [2.24, 2.45) is 17.8 Å². The highest BCUT2D eigenvalue weighted by atomic mass is 35.5. The van der Waals surface area contributed by atoms with Crippen molar-refractivity contribution in [3.63, 3.8) is 0 Å². The molecule has 0 spiro atoms. The minimum Gasteiger partial charge on any atom is -0.373 e. The number of anilines is 7. The lowest BCUT2D eigenvalue weighted by molar-refractivity contribution is 0.265. The van der Waals surface area contributed by atoms with Gasteiger partial charge >= 0.3 is 0 Å². The average molecular weight is 830 g/mol. The maximum Gasteiger partial charge on any atom is 0.226 e. The number of halogens is 5. The third-order valence-electron chi connectivity index (χ3n) is 12.2. The van der Waals surface area contributed by atoms with Crippen molar-refractivity contribution in [3.8, 4) is 0 Å². The number of nitrogens with one attached hydrogen (secondary N) is 2. The Morgan fingerprint density at radius 3 is 1.73 bits per heavy atom. The largest absolute Gasteiger partial charge is 0.373 e. The molecule has 3 aliphatic heterocycles. The number of fused-ring (bicyclic) bond motifs is 4. The molecule has 5 aromatic rings. The number of aryl methyl sites for hydroxylation is 1. The van der Waals surface area contributed by atoms with Crippen LogP contribution in [0.25, 0.3) is 0 Å². The number of hydrogen-bond acceptors (Lipinski definition) is 11. The van der Waals surface area contributed by atoms with Crippen LogP contribution in [-0.2, 0) is 17.3 Å². The molecule has 1 saturated carbocycles. The second-order valence-corrected chi connectivity index (χ2v) is 17.6. The summed E-state index contributed by atoms with van der Waals surface area (Å²) in [6.45, 7) is 13.5. The van der Waals surface area contributed by atoms with E-state index in [2.05, 4.69) is 55.4 Å². The topological polar surface area (TPSA) is 111 Å². The molecule has 2 fully saturated rings. The maximum absolute atomic E-state index is 14.1. The highest BCUT2D eigenvalue weighted by molar-refractivity contribution is 6.28. The van der Waals surface area contributed by atoms with E-state index in [0.717, 1.165) is 71.7 Å². The molecule has 1 aliphatic carbocycles. The Labute approximate surface area is 346 Å². The molecular formula is C43H48ClF4N11. The maximum atomic E-state index is 14.1. The molecule has 2 aromatic carbocycles. The standard InChI is InChI=1S/C28H33F2N7.C15H15ClF2N4/c1-16-9-24(33-15-32-16)36-12-17-5-6-18(13-36)20(17)11-23-34-26(31-4)25-27(35-23)37(14-28(25,2)3)19-7-8-21(29)22(30)10-19;1-15(2)7-22(8-4-5-9(17)10(18)6-8)13-11(15)12(19-3)20-14(16)21-13/h7-10,15,17-18,20H,5-6,11-14H2,1-4H3,(H,31,34,35);4-6H,7H2,1-3H3,(H,19,20,21). The summed E-state index contributed by atoms with van der Waals surface area (Å²) in [6.07, 6.45) is 4.86. The van der Waals surface area contributed by atoms with Gasteiger partial charge in [0.1, 0.15) is 41.2 Å². The van der Waals surface area contributed by atoms with Crippen LogP contribution in [0, 0.1) is 47.9 Å². The summed E-state index contributed by atoms with van der Waals surface area (Å²) in [5, 5.41) is 6.42. The van der Waals surface area contributed by atoms with Gasteiger partial charge in [-0.25, -0.2) is 42.5 Å². The van der Waals surface area contributed by atoms with Crippen LogP contribution >= 0.6 is 11.6 Å². The van der Waals surface area contributed by atoms with Crippen LogP contribution in [-0.4, -0.2) is 70.2 Å². The Hall–Kier alpha value is -5.31. The number of benzene rings is 2. The van der Waals surface area contributed by atoms with E-state index >= 15 is 0 Å². The molecule has 310 valence electrons. The quantitative estimate of drug-likeness (QED) is 0.121. The van der Waals surface area contributed by atoms with Crippen molar-refractivity contribution in [1.82, 2.24) is 29.9 Å². The van der Waals surface area contributed by atoms with Crippen molar-refractivity contribution < 1.29 is 17.6 Å². The Kier molecular flexibility index (Phi) is 10.5. The SMILES string of the molecule is CNc1nc(CC2C3CCC2CN(c2cc(C)ncn2)C3)nc2c1C(C)(C)CN2c1ccc(F)c(F)c1.CNc1nc(Cl)nc2c1C(C)(C)CN2c1ccc(F)c(F)c1. The zero-order valence-corrected chi connectivity index (χ0v) is 35.0. The molecule has 11 nitrogen and oxygen atoms in total. The van der Waals surface area contributed by atoms with Crippen molar-refractivity contribution in [1.29, 1.82) is 0 Å². The summed E-state index contributed by atoms with van der Waals surface area (Å²) < 4.78 is 54.5. The van der Waals surface area contributed by atoms with Crippen LogP contribution in [0.5, 0.6) is 0 Å². The molecule has 2 N–H and O–H groups in total. The lowest BCUT2D eigenvalue weighted by atomic mass is 9.82. The first kappa shape index (κ1) is 40.5. The zero-order valence-electron chi connectivity index (χ0n) is 34.2. The van der Waals surface area contributed by atoms with E-state index in [4.69, 9.17) is 21.6 Å². The predicted molar refractivity (Wildman–Crippen MR) is 223 cm³/mol. The monoisotopic (exact) mass is 829 g/mol. The minimum atomic E-state index is -0.891. The Morgan fingerprint density at radius 2 is 1.22 bits per heavy atom. The molecule has 2 unspecified atom stereocenters. The van der Waals surface area contributed by atoms with Gasteiger partial charge in [-0.05, 0) is 73.4 Å². The van der Waals surface area contributed by atoms with Gasteiger partial charge in [-0.1, -0.05) is 27.7 Å². The second-order valence-electron chi connectivity index (χ2n) is 17.3. The molecule has 9 rings (SSSR count). The van der Waals surface area contributed by atoms with Gasteiger partial charge in [0.05, 0.1) is 0 Å². The molecule has 59 heavy (non-hydrogen) atoms. The van der Waals surface area contributed by atoms with Gasteiger partial charge in [0.2, 0.25) is 5.28 Å². The fraction of sp³-hybridized carbons (Fsp3) is 0.442. The Balaban J connectivity index is 0.000000188. The van der Waals surface area contributed by atoms with Gasteiger partial charge in [-0.3, -0.25) is 0 Å². The van der Waals surface area contributed by atoms with Crippen LogP contribution in [0.15, 0.2) is 48.8 Å². The normalized spacial score (nSPS) is 20.9. The number of hydrogen-bond donors (Lipinski definition) is 2. The number of piperidine rings is 1. The zero-order chi connectivity index (χ0) is 42.0. The molecular weight excluding hydrogens is 782 g/mol. The van der Waals surface area contributed by atoms with E-state index in [0.29, 0.717) is 53.9 Å². The first-order chi connectivity index (χ1) is 28.1. The number of aromatic nitrogens is 6. The minimum absolute atomic E-state index is 0.105. The third kappa shape index (κ3) is 7.57. The van der Waals surface area contributed by atoms with Gasteiger partial charge in [-0.2, -0.15) is 4.98 Å². The van der Waals surface area contributed by atoms with Gasteiger partial charge in [-0.15, -0.1) is 0 Å². The van der Waals surface area contributed by atoms with Gasteiger partial charge in [0.25, 0.3) is 0 Å². The van der Waals surface area contributed by atoms with Crippen LogP contribution in [0.1, 0.15) is 63.2 Å². The van der Waals surface area contributed by atoms with Crippen LogP contribution in [0.4, 0.5) is 58.0 Å². The van der Waals surface area contributed by atoms with Gasteiger partial charge in [0, 0.05) is 104 Å². The number of nitrogens with zero attached hydrogens (tertiary/aromatic N) is 9. The summed E-state index contributed by atoms with van der Waals surface area (Å²) in [6, 6.07) is 9.92. The van der Waals surface area contributed by atoms with Crippen molar-refractivity contribution in [2.75, 3.05) is 65.6 Å². The number of rotatable bonds is 7. The molecule has 2 atom stereocenters. The summed E-state index contributed by atoms with van der Waals surface area (Å²) >= 11 is 5.99. The highest BCUT2D eigenvalue weighted by Gasteiger charge is 2.45. The predicted octanol–water partition coefficient (Wildman–Crippen LogP) is 8.91. The van der Waals surface area contributed by atoms with E-state index < -0.39 is 23.3 Å². The first-order valence-corrected chi connectivity index (χ1v) is 20.3. The van der Waals surface area contributed by atoms with Gasteiger partial charge in [0.15, 0.2) is 23.3 Å². The molecule has 6 heterocycles. The Morgan fingerprint density at radius 1 is 0.695 bits per heavy atom. The van der Waals surface area contributed by atoms with Crippen LogP contribution in [0.3, 0.4) is 0 Å². The molecule has 1 saturated heterocycles. The summed E-state index contributed by atoms with van der Waals surface area (Å²) in [5.41, 5.74) is 3.53. The second kappa shape index (κ2) is 15.4. The smallest absolute Gasteiger partial charge is 0.226 e. The fourth-order valence-electron chi connectivity index (χ4n) is 9.52. The van der Waals surface area contributed by atoms with Crippen molar-refractivity contribution in [3.05, 3.63) is 100.0 Å². The molecule has 0 amide bonds. The van der Waals surface area contributed by atoms with Gasteiger partial charge < -0.3 is 25.3 Å². The fourth-order valence-corrected chi connectivity index (χ4v) is 9.68. The third-order valence-corrected chi connectivity index (χ3v) is 12.4. The lowest BCUT2D eigenvalue weighted by Gasteiger charge is -2.38. The van der Waals surface area contributed by atoms with E-state index in [1.807, 2.05) is 37.6 Å². The Bertz CT molecular complexity index is 2400.